The van der Waals surface area contributed by atoms with E-state index in [1.165, 1.54) is 0 Å². The molecule has 1 aliphatic rings. The van der Waals surface area contributed by atoms with Crippen molar-refractivity contribution in [3.63, 3.8) is 0 Å². The highest BCUT2D eigenvalue weighted by molar-refractivity contribution is 5.55. The first-order chi connectivity index (χ1) is 7.22. The van der Waals surface area contributed by atoms with Crippen LogP contribution >= 0.6 is 0 Å². The number of hydrogen-bond donors (Lipinski definition) is 1. The zero-order valence-electron chi connectivity index (χ0n) is 8.94. The number of ether oxygens (including phenoxy) is 2. The van der Waals surface area contributed by atoms with E-state index in [1.807, 2.05) is 31.2 Å². The second-order valence-electron chi connectivity index (χ2n) is 3.70. The summed E-state index contributed by atoms with van der Waals surface area (Å²) >= 11 is 0. The van der Waals surface area contributed by atoms with Gasteiger partial charge in [0.15, 0.2) is 0 Å². The number of nitrogen functional groups attached to an aromatic ring is 1. The zero-order chi connectivity index (χ0) is 10.8. The van der Waals surface area contributed by atoms with Gasteiger partial charge >= 0.3 is 0 Å². The van der Waals surface area contributed by atoms with Gasteiger partial charge < -0.3 is 15.2 Å². The molecule has 0 amide bonds. The largest absolute Gasteiger partial charge is 0.498 e. The Morgan fingerprint density at radius 3 is 2.73 bits per heavy atom. The van der Waals surface area contributed by atoms with Gasteiger partial charge in [0, 0.05) is 5.92 Å². The van der Waals surface area contributed by atoms with E-state index in [1.54, 1.807) is 13.4 Å². The van der Waals surface area contributed by atoms with Crippen molar-refractivity contribution < 1.29 is 9.47 Å². The van der Waals surface area contributed by atoms with E-state index in [9.17, 15) is 0 Å². The minimum absolute atomic E-state index is 0.179. The number of hydrogen-bond acceptors (Lipinski definition) is 3. The van der Waals surface area contributed by atoms with Crippen molar-refractivity contribution in [2.45, 2.75) is 18.9 Å². The highest BCUT2D eigenvalue weighted by Crippen LogP contribution is 2.32. The van der Waals surface area contributed by atoms with Gasteiger partial charge in [0.1, 0.15) is 11.9 Å². The molecule has 0 saturated heterocycles. The highest BCUT2D eigenvalue weighted by Gasteiger charge is 2.22. The molecule has 2 unspecified atom stereocenters. The molecule has 0 radical (unpaired) electrons. The molecule has 0 aromatic heterocycles. The number of benzene rings is 1. The lowest BCUT2D eigenvalue weighted by atomic mass is 9.95. The Kier molecular flexibility index (Phi) is 2.54. The maximum Gasteiger partial charge on any atom is 0.141 e. The lowest BCUT2D eigenvalue weighted by molar-refractivity contribution is 0.175. The standard InChI is InChI=1S/C12H15NO2/c1-8-10(5-6-15-8)9-3-4-12(14-2)11(13)7-9/h3-8,10H,13H2,1-2H3. The summed E-state index contributed by atoms with van der Waals surface area (Å²) in [6.45, 7) is 2.05. The summed E-state index contributed by atoms with van der Waals surface area (Å²) in [6, 6.07) is 5.86. The molecule has 2 N–H and O–H groups in total. The first-order valence-corrected chi connectivity index (χ1v) is 4.98. The van der Waals surface area contributed by atoms with Crippen molar-refractivity contribution in [3.8, 4) is 5.75 Å². The maximum atomic E-state index is 5.86. The van der Waals surface area contributed by atoms with Gasteiger partial charge in [-0.05, 0) is 30.7 Å². The Balaban J connectivity index is 2.30. The summed E-state index contributed by atoms with van der Waals surface area (Å²) in [5.74, 6) is 1.01. The molecular weight excluding hydrogens is 190 g/mol. The third kappa shape index (κ3) is 1.77. The fourth-order valence-electron chi connectivity index (χ4n) is 1.84. The van der Waals surface area contributed by atoms with Crippen LogP contribution in [0.15, 0.2) is 30.5 Å². The average Bonchev–Trinajstić information content (AvgIpc) is 2.64. The van der Waals surface area contributed by atoms with E-state index in [0.717, 1.165) is 5.56 Å². The minimum Gasteiger partial charge on any atom is -0.498 e. The molecule has 1 aromatic rings. The molecule has 0 fully saturated rings. The van der Waals surface area contributed by atoms with E-state index < -0.39 is 0 Å². The molecule has 1 aromatic carbocycles. The number of nitrogens with two attached hydrogens (primary N) is 1. The summed E-state index contributed by atoms with van der Waals surface area (Å²) in [5.41, 5.74) is 7.69. The van der Waals surface area contributed by atoms with E-state index in [4.69, 9.17) is 15.2 Å². The number of rotatable bonds is 2. The Bertz CT molecular complexity index is 387. The first-order valence-electron chi connectivity index (χ1n) is 4.98. The normalized spacial score (nSPS) is 23.9. The summed E-state index contributed by atoms with van der Waals surface area (Å²) in [5, 5.41) is 0. The topological polar surface area (TPSA) is 44.5 Å². The van der Waals surface area contributed by atoms with Crippen LogP contribution in [-0.4, -0.2) is 13.2 Å². The van der Waals surface area contributed by atoms with Crippen molar-refractivity contribution in [1.82, 2.24) is 0 Å². The molecule has 2 rings (SSSR count). The molecule has 3 heteroatoms. The van der Waals surface area contributed by atoms with Crippen molar-refractivity contribution in [2.24, 2.45) is 0 Å². The van der Waals surface area contributed by atoms with Gasteiger partial charge in [0.25, 0.3) is 0 Å². The van der Waals surface area contributed by atoms with Gasteiger partial charge in [-0.3, -0.25) is 0 Å². The quantitative estimate of drug-likeness (QED) is 0.753. The molecule has 15 heavy (non-hydrogen) atoms. The molecular formula is C12H15NO2. The summed E-state index contributed by atoms with van der Waals surface area (Å²) in [7, 11) is 1.62. The molecule has 0 aliphatic carbocycles. The van der Waals surface area contributed by atoms with E-state index >= 15 is 0 Å². The predicted molar refractivity (Wildman–Crippen MR) is 59.8 cm³/mol. The van der Waals surface area contributed by atoms with Crippen LogP contribution in [0.5, 0.6) is 5.75 Å². The van der Waals surface area contributed by atoms with E-state index in [-0.39, 0.29) is 6.10 Å². The fourth-order valence-corrected chi connectivity index (χ4v) is 1.84. The Morgan fingerprint density at radius 2 is 2.20 bits per heavy atom. The van der Waals surface area contributed by atoms with Crippen molar-refractivity contribution in [1.29, 1.82) is 0 Å². The molecule has 80 valence electrons. The van der Waals surface area contributed by atoms with Crippen LogP contribution in [0, 0.1) is 0 Å². The van der Waals surface area contributed by atoms with Crippen LogP contribution in [0.2, 0.25) is 0 Å². The van der Waals surface area contributed by atoms with E-state index in [0.29, 0.717) is 17.4 Å². The fraction of sp³-hybridized carbons (Fsp3) is 0.333. The summed E-state index contributed by atoms with van der Waals surface area (Å²) in [4.78, 5) is 0. The second kappa shape index (κ2) is 3.85. The Labute approximate surface area is 89.5 Å². The van der Waals surface area contributed by atoms with Crippen LogP contribution in [0.3, 0.4) is 0 Å². The molecule has 1 heterocycles. The number of methoxy groups -OCH3 is 1. The van der Waals surface area contributed by atoms with Gasteiger partial charge in [0.05, 0.1) is 19.1 Å². The third-order valence-electron chi connectivity index (χ3n) is 2.72. The summed E-state index contributed by atoms with van der Waals surface area (Å²) in [6.07, 6.45) is 3.97. The molecule has 1 aliphatic heterocycles. The van der Waals surface area contributed by atoms with Gasteiger partial charge in [-0.25, -0.2) is 0 Å². The van der Waals surface area contributed by atoms with E-state index in [2.05, 4.69) is 0 Å². The Hall–Kier alpha value is -1.64. The average molecular weight is 205 g/mol. The second-order valence-corrected chi connectivity index (χ2v) is 3.70. The monoisotopic (exact) mass is 205 g/mol. The zero-order valence-corrected chi connectivity index (χ0v) is 8.94. The lowest BCUT2D eigenvalue weighted by Crippen LogP contribution is -2.10. The molecule has 3 nitrogen and oxygen atoms in total. The van der Waals surface area contributed by atoms with Gasteiger partial charge in [-0.15, -0.1) is 0 Å². The van der Waals surface area contributed by atoms with Gasteiger partial charge in [-0.1, -0.05) is 6.07 Å². The van der Waals surface area contributed by atoms with Crippen LogP contribution in [0.25, 0.3) is 0 Å². The van der Waals surface area contributed by atoms with Crippen LogP contribution in [-0.2, 0) is 4.74 Å². The van der Waals surface area contributed by atoms with Crippen LogP contribution in [0.4, 0.5) is 5.69 Å². The van der Waals surface area contributed by atoms with Crippen molar-refractivity contribution in [2.75, 3.05) is 12.8 Å². The van der Waals surface area contributed by atoms with Crippen molar-refractivity contribution >= 4 is 5.69 Å². The smallest absolute Gasteiger partial charge is 0.141 e. The first kappa shape index (κ1) is 9.90. The summed E-state index contributed by atoms with van der Waals surface area (Å²) < 4.78 is 10.5. The third-order valence-corrected chi connectivity index (χ3v) is 2.72. The highest BCUT2D eigenvalue weighted by atomic mass is 16.5. The maximum absolute atomic E-state index is 5.86. The van der Waals surface area contributed by atoms with Gasteiger partial charge in [0.2, 0.25) is 0 Å². The number of anilines is 1. The van der Waals surface area contributed by atoms with Crippen LogP contribution < -0.4 is 10.5 Å². The molecule has 0 saturated carbocycles. The van der Waals surface area contributed by atoms with Gasteiger partial charge in [-0.2, -0.15) is 0 Å². The molecule has 0 bridgehead atoms. The molecule has 0 spiro atoms. The van der Waals surface area contributed by atoms with Crippen molar-refractivity contribution in [3.05, 3.63) is 36.1 Å². The van der Waals surface area contributed by atoms with Crippen LogP contribution in [0.1, 0.15) is 18.4 Å². The minimum atomic E-state index is 0.179. The molecule has 2 atom stereocenters. The Morgan fingerprint density at radius 1 is 1.40 bits per heavy atom. The predicted octanol–water partition coefficient (Wildman–Crippen LogP) is 2.29. The lowest BCUT2D eigenvalue weighted by Gasteiger charge is -2.15. The SMILES string of the molecule is COc1ccc(C2C=COC2C)cc1N.